The zero-order chi connectivity index (χ0) is 31.0. The molecule has 0 heterocycles. The van der Waals surface area contributed by atoms with Crippen molar-refractivity contribution in [1.29, 1.82) is 0 Å². The molecule has 3 aromatic carbocycles. The van der Waals surface area contributed by atoms with Crippen molar-refractivity contribution in [3.8, 4) is 0 Å². The average molecular weight is 593 g/mol. The second-order valence-electron chi connectivity index (χ2n) is 11.4. The van der Waals surface area contributed by atoms with Crippen LogP contribution in [-0.2, 0) is 32.8 Å². The van der Waals surface area contributed by atoms with Gasteiger partial charge in [0.15, 0.2) is 0 Å². The first-order chi connectivity index (χ1) is 19.8. The van der Waals surface area contributed by atoms with Gasteiger partial charge in [0.05, 0.1) is 5.69 Å². The minimum atomic E-state index is -4.05. The Morgan fingerprint density at radius 3 is 2.12 bits per heavy atom. The molecular formula is C33H44N4O4S. The molecule has 226 valence electrons. The largest absolute Gasteiger partial charge is 0.354 e. The predicted molar refractivity (Wildman–Crippen MR) is 169 cm³/mol. The minimum Gasteiger partial charge on any atom is -0.354 e. The number of nitrogens with zero attached hydrogens (tertiary/aromatic N) is 3. The van der Waals surface area contributed by atoms with Gasteiger partial charge >= 0.3 is 10.2 Å². The van der Waals surface area contributed by atoms with E-state index in [-0.39, 0.29) is 24.8 Å². The number of benzene rings is 3. The summed E-state index contributed by atoms with van der Waals surface area (Å²) >= 11 is 0. The van der Waals surface area contributed by atoms with Crippen molar-refractivity contribution < 1.29 is 18.0 Å². The second kappa shape index (κ2) is 14.5. The van der Waals surface area contributed by atoms with Gasteiger partial charge in [0.25, 0.3) is 0 Å². The van der Waals surface area contributed by atoms with Crippen molar-refractivity contribution in [1.82, 2.24) is 14.5 Å². The molecule has 0 saturated heterocycles. The summed E-state index contributed by atoms with van der Waals surface area (Å²) in [5, 5.41) is 3.02. The molecule has 0 saturated carbocycles. The van der Waals surface area contributed by atoms with Crippen molar-refractivity contribution in [2.45, 2.75) is 53.6 Å². The van der Waals surface area contributed by atoms with E-state index < -0.39 is 28.7 Å². The molecule has 0 aliphatic heterocycles. The molecule has 0 aliphatic carbocycles. The lowest BCUT2D eigenvalue weighted by Crippen LogP contribution is -2.54. The SMILES string of the molecule is Cc1ccc(C)c(N(CC(=O)N(Cc2ccccc2C)[C@@H](Cc2ccccc2)C(=O)NCC(C)C)S(=O)(=O)N(C)C)c1. The summed E-state index contributed by atoms with van der Waals surface area (Å²) in [6, 6.07) is 21.9. The Kier molecular flexibility index (Phi) is 11.3. The fourth-order valence-electron chi connectivity index (χ4n) is 4.64. The third kappa shape index (κ3) is 8.42. The molecule has 3 rings (SSSR count). The molecule has 0 aliphatic rings. The van der Waals surface area contributed by atoms with E-state index in [1.165, 1.54) is 19.0 Å². The van der Waals surface area contributed by atoms with Gasteiger partial charge in [0, 0.05) is 33.6 Å². The fraction of sp³-hybridized carbons (Fsp3) is 0.394. The lowest BCUT2D eigenvalue weighted by Gasteiger charge is -2.35. The Morgan fingerprint density at radius 1 is 0.857 bits per heavy atom. The zero-order valence-corrected chi connectivity index (χ0v) is 26.6. The van der Waals surface area contributed by atoms with E-state index >= 15 is 0 Å². The highest BCUT2D eigenvalue weighted by Crippen LogP contribution is 2.26. The number of carbonyl (C=O) groups is 2. The molecule has 0 fully saturated rings. The van der Waals surface area contributed by atoms with Crippen LogP contribution in [0.3, 0.4) is 0 Å². The summed E-state index contributed by atoms with van der Waals surface area (Å²) < 4.78 is 29.5. The Labute approximate surface area is 251 Å². The van der Waals surface area contributed by atoms with Crippen LogP contribution < -0.4 is 9.62 Å². The highest BCUT2D eigenvalue weighted by molar-refractivity contribution is 7.90. The number of rotatable bonds is 13. The van der Waals surface area contributed by atoms with Gasteiger partial charge in [-0.25, -0.2) is 4.31 Å². The first-order valence-electron chi connectivity index (χ1n) is 14.2. The number of amides is 2. The summed E-state index contributed by atoms with van der Waals surface area (Å²) in [5.74, 6) is -0.523. The van der Waals surface area contributed by atoms with Gasteiger partial charge in [-0.3, -0.25) is 9.59 Å². The van der Waals surface area contributed by atoms with E-state index in [2.05, 4.69) is 5.32 Å². The monoisotopic (exact) mass is 592 g/mol. The molecule has 0 bridgehead atoms. The van der Waals surface area contributed by atoms with Crippen molar-refractivity contribution in [3.63, 3.8) is 0 Å². The number of aryl methyl sites for hydroxylation is 3. The van der Waals surface area contributed by atoms with Crippen molar-refractivity contribution >= 4 is 27.7 Å². The van der Waals surface area contributed by atoms with E-state index in [0.717, 1.165) is 36.4 Å². The van der Waals surface area contributed by atoms with Crippen LogP contribution in [0.4, 0.5) is 5.69 Å². The molecule has 0 radical (unpaired) electrons. The summed E-state index contributed by atoms with van der Waals surface area (Å²) in [6.45, 7) is 9.83. The third-order valence-electron chi connectivity index (χ3n) is 7.21. The third-order valence-corrected chi connectivity index (χ3v) is 9.02. The summed E-state index contributed by atoms with van der Waals surface area (Å²) in [5.41, 5.74) is 4.78. The van der Waals surface area contributed by atoms with Crippen molar-refractivity contribution in [2.24, 2.45) is 5.92 Å². The summed E-state index contributed by atoms with van der Waals surface area (Å²) in [7, 11) is -1.16. The molecule has 1 atom stereocenters. The molecule has 3 aromatic rings. The number of carbonyl (C=O) groups excluding carboxylic acids is 2. The van der Waals surface area contributed by atoms with E-state index in [1.807, 2.05) is 101 Å². The number of hydrogen-bond acceptors (Lipinski definition) is 4. The molecule has 1 N–H and O–H groups in total. The zero-order valence-electron chi connectivity index (χ0n) is 25.8. The van der Waals surface area contributed by atoms with Crippen LogP contribution in [0.25, 0.3) is 0 Å². The van der Waals surface area contributed by atoms with Crippen LogP contribution in [0.1, 0.15) is 41.7 Å². The first kappa shape index (κ1) is 32.8. The molecular weight excluding hydrogens is 548 g/mol. The van der Waals surface area contributed by atoms with Crippen LogP contribution >= 0.6 is 0 Å². The first-order valence-corrected chi connectivity index (χ1v) is 15.6. The van der Waals surface area contributed by atoms with Gasteiger partial charge in [-0.2, -0.15) is 12.7 Å². The van der Waals surface area contributed by atoms with Crippen molar-refractivity contribution in [2.75, 3.05) is 31.5 Å². The fourth-order valence-corrected chi connectivity index (χ4v) is 5.75. The standard InChI is InChI=1S/C33H44N4O4S/c1-24(2)21-34-33(39)31(20-28-14-9-8-10-15-28)36(22-29-16-12-11-13-26(29)4)32(38)23-37(42(40,41)35(6)7)30-19-25(3)17-18-27(30)5/h8-19,24,31H,20-23H2,1-7H3,(H,34,39)/t31-/m0/s1. The van der Waals surface area contributed by atoms with E-state index in [0.29, 0.717) is 12.2 Å². The van der Waals surface area contributed by atoms with E-state index in [1.54, 1.807) is 6.07 Å². The molecule has 0 aromatic heterocycles. The van der Waals surface area contributed by atoms with Gasteiger partial charge in [-0.15, -0.1) is 0 Å². The van der Waals surface area contributed by atoms with E-state index in [9.17, 15) is 18.0 Å². The molecule has 42 heavy (non-hydrogen) atoms. The van der Waals surface area contributed by atoms with Gasteiger partial charge in [0.1, 0.15) is 12.6 Å². The van der Waals surface area contributed by atoms with Gasteiger partial charge < -0.3 is 10.2 Å². The Morgan fingerprint density at radius 2 is 1.50 bits per heavy atom. The Balaban J connectivity index is 2.13. The molecule has 0 spiro atoms. The average Bonchev–Trinajstić information content (AvgIpc) is 2.94. The summed E-state index contributed by atoms with van der Waals surface area (Å²) in [6.07, 6.45) is 0.284. The summed E-state index contributed by atoms with van der Waals surface area (Å²) in [4.78, 5) is 29.7. The van der Waals surface area contributed by atoms with Crippen LogP contribution in [0.2, 0.25) is 0 Å². The predicted octanol–water partition coefficient (Wildman–Crippen LogP) is 4.64. The molecule has 9 heteroatoms. The van der Waals surface area contributed by atoms with Gasteiger partial charge in [-0.05, 0) is 60.6 Å². The van der Waals surface area contributed by atoms with Crippen LogP contribution in [-0.4, -0.2) is 62.7 Å². The van der Waals surface area contributed by atoms with Crippen LogP contribution in [0, 0.1) is 26.7 Å². The lowest BCUT2D eigenvalue weighted by molar-refractivity contribution is -0.140. The maximum atomic E-state index is 14.4. The molecule has 0 unspecified atom stereocenters. The Bertz CT molecular complexity index is 1470. The number of anilines is 1. The highest BCUT2D eigenvalue weighted by Gasteiger charge is 2.35. The van der Waals surface area contributed by atoms with Crippen LogP contribution in [0.15, 0.2) is 72.8 Å². The molecule has 2 amide bonds. The molecule has 8 nitrogen and oxygen atoms in total. The van der Waals surface area contributed by atoms with Gasteiger partial charge in [0.2, 0.25) is 11.8 Å². The number of hydrogen-bond donors (Lipinski definition) is 1. The smallest absolute Gasteiger partial charge is 0.304 e. The topological polar surface area (TPSA) is 90.0 Å². The maximum absolute atomic E-state index is 14.4. The van der Waals surface area contributed by atoms with E-state index in [4.69, 9.17) is 0 Å². The number of nitrogens with one attached hydrogen (secondary N) is 1. The normalized spacial score (nSPS) is 12.3. The highest BCUT2D eigenvalue weighted by atomic mass is 32.2. The van der Waals surface area contributed by atoms with Gasteiger partial charge in [-0.1, -0.05) is 80.6 Å². The van der Waals surface area contributed by atoms with Crippen LogP contribution in [0.5, 0.6) is 0 Å². The Hall–Kier alpha value is -3.69. The lowest BCUT2D eigenvalue weighted by atomic mass is 10.0. The maximum Gasteiger partial charge on any atom is 0.304 e. The quantitative estimate of drug-likeness (QED) is 0.313. The second-order valence-corrected chi connectivity index (χ2v) is 13.4. The van der Waals surface area contributed by atoms with Crippen molar-refractivity contribution in [3.05, 3.63) is 101 Å². The minimum absolute atomic E-state index is 0.154.